The van der Waals surface area contributed by atoms with E-state index in [1.54, 1.807) is 6.20 Å². The third-order valence-electron chi connectivity index (χ3n) is 4.39. The Hall–Kier alpha value is -2.00. The second-order valence-corrected chi connectivity index (χ2v) is 6.73. The van der Waals surface area contributed by atoms with E-state index in [0.717, 1.165) is 21.8 Å². The van der Waals surface area contributed by atoms with Gasteiger partial charge in [0.25, 0.3) is 0 Å². The first-order chi connectivity index (χ1) is 9.80. The summed E-state index contributed by atoms with van der Waals surface area (Å²) in [5.74, 6) is 0. The molecule has 0 radical (unpaired) electrons. The fraction of sp³-hybridized carbons (Fsp3) is 0.333. The molecule has 0 fully saturated rings. The van der Waals surface area contributed by atoms with E-state index in [9.17, 15) is 5.11 Å². The lowest BCUT2D eigenvalue weighted by Gasteiger charge is -2.36. The van der Waals surface area contributed by atoms with E-state index in [0.29, 0.717) is 5.69 Å². The summed E-state index contributed by atoms with van der Waals surface area (Å²) in [6, 6.07) is 11.9. The number of rotatable bonds is 1. The van der Waals surface area contributed by atoms with Crippen molar-refractivity contribution in [3.05, 3.63) is 48.3 Å². The maximum Gasteiger partial charge on any atom is 0.108 e. The third kappa shape index (κ3) is 2.18. The second-order valence-electron chi connectivity index (χ2n) is 6.73. The SMILES string of the molecule is CC(C)(C)C(C)(O)c1ccc2ccc3cccnc3c2n1. The van der Waals surface area contributed by atoms with Crippen LogP contribution >= 0.6 is 0 Å². The van der Waals surface area contributed by atoms with Crippen LogP contribution in [0, 0.1) is 5.41 Å². The predicted octanol–water partition coefficient (Wildman–Crippen LogP) is 4.04. The molecule has 0 aliphatic carbocycles. The monoisotopic (exact) mass is 280 g/mol. The molecule has 3 rings (SSSR count). The van der Waals surface area contributed by atoms with Gasteiger partial charge in [-0.3, -0.25) is 4.98 Å². The van der Waals surface area contributed by atoms with Gasteiger partial charge in [0.2, 0.25) is 0 Å². The minimum absolute atomic E-state index is 0.300. The van der Waals surface area contributed by atoms with Gasteiger partial charge in [0, 0.05) is 17.0 Å². The molecule has 21 heavy (non-hydrogen) atoms. The summed E-state index contributed by atoms with van der Waals surface area (Å²) in [4.78, 5) is 9.18. The number of aliphatic hydroxyl groups is 1. The third-order valence-corrected chi connectivity index (χ3v) is 4.39. The quantitative estimate of drug-likeness (QED) is 0.684. The smallest absolute Gasteiger partial charge is 0.108 e. The van der Waals surface area contributed by atoms with Crippen LogP contribution in [0.5, 0.6) is 0 Å². The lowest BCUT2D eigenvalue weighted by atomic mass is 9.75. The molecule has 1 atom stereocenters. The summed E-state index contributed by atoms with van der Waals surface area (Å²) in [6.07, 6.45) is 1.78. The van der Waals surface area contributed by atoms with Crippen molar-refractivity contribution in [2.45, 2.75) is 33.3 Å². The Labute approximate surface area is 124 Å². The van der Waals surface area contributed by atoms with Gasteiger partial charge in [-0.25, -0.2) is 4.98 Å². The molecule has 2 heterocycles. The Morgan fingerprint density at radius 1 is 0.857 bits per heavy atom. The maximum absolute atomic E-state index is 10.9. The fourth-order valence-corrected chi connectivity index (χ4v) is 2.38. The fourth-order valence-electron chi connectivity index (χ4n) is 2.38. The molecule has 3 nitrogen and oxygen atoms in total. The van der Waals surface area contributed by atoms with E-state index in [2.05, 4.69) is 4.98 Å². The summed E-state index contributed by atoms with van der Waals surface area (Å²) in [5, 5.41) is 13.0. The number of fused-ring (bicyclic) bond motifs is 3. The van der Waals surface area contributed by atoms with E-state index in [4.69, 9.17) is 4.98 Å². The normalized spacial score (nSPS) is 15.3. The van der Waals surface area contributed by atoms with Crippen LogP contribution in [0.1, 0.15) is 33.4 Å². The molecular formula is C18H20N2O. The molecule has 0 spiro atoms. The van der Waals surface area contributed by atoms with Crippen molar-refractivity contribution < 1.29 is 5.11 Å². The van der Waals surface area contributed by atoms with E-state index < -0.39 is 5.60 Å². The standard InChI is InChI=1S/C18H20N2O/c1-17(2,3)18(4,21)14-10-9-13-8-7-12-6-5-11-19-15(12)16(13)20-14/h5-11,21H,1-4H3. The molecule has 0 saturated carbocycles. The summed E-state index contributed by atoms with van der Waals surface area (Å²) in [7, 11) is 0. The van der Waals surface area contributed by atoms with Gasteiger partial charge in [0.05, 0.1) is 16.7 Å². The van der Waals surface area contributed by atoms with E-state index >= 15 is 0 Å². The second kappa shape index (κ2) is 4.50. The van der Waals surface area contributed by atoms with Crippen molar-refractivity contribution in [1.82, 2.24) is 9.97 Å². The molecule has 0 aliphatic heterocycles. The number of nitrogens with zero attached hydrogens (tertiary/aromatic N) is 2. The van der Waals surface area contributed by atoms with Crippen molar-refractivity contribution in [2.24, 2.45) is 5.41 Å². The number of hydrogen-bond donors (Lipinski definition) is 1. The molecule has 108 valence electrons. The number of aromatic nitrogens is 2. The molecule has 1 N–H and O–H groups in total. The van der Waals surface area contributed by atoms with Crippen LogP contribution in [0.3, 0.4) is 0 Å². The van der Waals surface area contributed by atoms with Crippen LogP contribution < -0.4 is 0 Å². The maximum atomic E-state index is 10.9. The van der Waals surface area contributed by atoms with Crippen molar-refractivity contribution in [3.8, 4) is 0 Å². The Morgan fingerprint density at radius 3 is 2.14 bits per heavy atom. The molecule has 0 saturated heterocycles. The average Bonchev–Trinajstić information content (AvgIpc) is 2.45. The lowest BCUT2D eigenvalue weighted by molar-refractivity contribution is -0.0503. The predicted molar refractivity (Wildman–Crippen MR) is 86.1 cm³/mol. The Balaban J connectivity index is 2.31. The van der Waals surface area contributed by atoms with Crippen LogP contribution in [0.25, 0.3) is 21.8 Å². The van der Waals surface area contributed by atoms with E-state index in [-0.39, 0.29) is 5.41 Å². The zero-order chi connectivity index (χ0) is 15.3. The zero-order valence-electron chi connectivity index (χ0n) is 12.9. The van der Waals surface area contributed by atoms with Crippen LogP contribution in [-0.4, -0.2) is 15.1 Å². The Bertz CT molecular complexity index is 816. The zero-order valence-corrected chi connectivity index (χ0v) is 12.9. The van der Waals surface area contributed by atoms with Crippen LogP contribution in [0.4, 0.5) is 0 Å². The number of hydrogen-bond acceptors (Lipinski definition) is 3. The van der Waals surface area contributed by atoms with Crippen LogP contribution in [0.15, 0.2) is 42.6 Å². The van der Waals surface area contributed by atoms with Gasteiger partial charge in [0.1, 0.15) is 5.60 Å². The molecule has 1 aromatic carbocycles. The van der Waals surface area contributed by atoms with Gasteiger partial charge in [-0.1, -0.05) is 45.0 Å². The summed E-state index contributed by atoms with van der Waals surface area (Å²) in [6.45, 7) is 7.86. The van der Waals surface area contributed by atoms with Crippen molar-refractivity contribution >= 4 is 21.8 Å². The molecule has 1 unspecified atom stereocenters. The lowest BCUT2D eigenvalue weighted by Crippen LogP contribution is -2.37. The van der Waals surface area contributed by atoms with Gasteiger partial charge in [-0.15, -0.1) is 0 Å². The molecule has 0 amide bonds. The number of benzene rings is 1. The first-order valence-corrected chi connectivity index (χ1v) is 7.18. The number of pyridine rings is 2. The minimum atomic E-state index is -1.00. The minimum Gasteiger partial charge on any atom is -0.383 e. The first-order valence-electron chi connectivity index (χ1n) is 7.18. The molecule has 2 aromatic heterocycles. The van der Waals surface area contributed by atoms with Gasteiger partial charge >= 0.3 is 0 Å². The van der Waals surface area contributed by atoms with Gasteiger partial charge < -0.3 is 5.11 Å². The average molecular weight is 280 g/mol. The first kappa shape index (κ1) is 14.0. The van der Waals surface area contributed by atoms with Crippen LogP contribution in [-0.2, 0) is 5.60 Å². The topological polar surface area (TPSA) is 46.0 Å². The molecule has 0 bridgehead atoms. The molecular weight excluding hydrogens is 260 g/mol. The van der Waals surface area contributed by atoms with Gasteiger partial charge in [-0.05, 0) is 24.5 Å². The van der Waals surface area contributed by atoms with Crippen molar-refractivity contribution in [3.63, 3.8) is 0 Å². The highest BCUT2D eigenvalue weighted by Gasteiger charge is 2.38. The van der Waals surface area contributed by atoms with E-state index in [1.165, 1.54) is 0 Å². The Morgan fingerprint density at radius 2 is 1.48 bits per heavy atom. The molecule has 3 heteroatoms. The van der Waals surface area contributed by atoms with Crippen LogP contribution in [0.2, 0.25) is 0 Å². The summed E-state index contributed by atoms with van der Waals surface area (Å²) in [5.41, 5.74) is 1.10. The van der Waals surface area contributed by atoms with Gasteiger partial charge in [0.15, 0.2) is 0 Å². The highest BCUT2D eigenvalue weighted by atomic mass is 16.3. The van der Waals surface area contributed by atoms with Crippen molar-refractivity contribution in [2.75, 3.05) is 0 Å². The largest absolute Gasteiger partial charge is 0.383 e. The Kier molecular flexibility index (Phi) is 2.99. The highest BCUT2D eigenvalue weighted by Crippen LogP contribution is 2.38. The van der Waals surface area contributed by atoms with Crippen molar-refractivity contribution in [1.29, 1.82) is 0 Å². The molecule has 3 aromatic rings. The molecule has 0 aliphatic rings. The summed E-state index contributed by atoms with van der Waals surface area (Å²) >= 11 is 0. The summed E-state index contributed by atoms with van der Waals surface area (Å²) < 4.78 is 0. The highest BCUT2D eigenvalue weighted by molar-refractivity contribution is 6.02. The van der Waals surface area contributed by atoms with E-state index in [1.807, 2.05) is 64.1 Å². The van der Waals surface area contributed by atoms with Gasteiger partial charge in [-0.2, -0.15) is 0 Å².